The zero-order valence-corrected chi connectivity index (χ0v) is 57.7. The summed E-state index contributed by atoms with van der Waals surface area (Å²) in [6.45, 7) is 13.5. The Kier molecular flexibility index (Phi) is 26.1. The van der Waals surface area contributed by atoms with Crippen LogP contribution < -0.4 is 36.1 Å². The van der Waals surface area contributed by atoms with Gasteiger partial charge in [-0.05, 0) is 106 Å². The lowest BCUT2D eigenvalue weighted by molar-refractivity contribution is -0.336. The molecule has 0 unspecified atom stereocenters. The number of amides is 1. The van der Waals surface area contributed by atoms with Crippen LogP contribution in [0.5, 0.6) is 17.2 Å². The monoisotopic (exact) mass is 1450 g/mol. The Bertz CT molecular complexity index is 3160. The predicted molar refractivity (Wildman–Crippen MR) is 350 cm³/mol. The molecule has 1 amide bonds. The maximum atomic E-state index is 14.5. The molecule has 506 valence electrons. The van der Waals surface area contributed by atoms with E-state index in [1.807, 2.05) is 53.8 Å². The number of Topliss-reactive ketones (excluding diaryl/α,β-unsaturated/α-hetero) is 1. The van der Waals surface area contributed by atoms with Crippen LogP contribution in [0.1, 0.15) is 82.3 Å². The maximum absolute atomic E-state index is 14.5. The third kappa shape index (κ3) is 16.7. The molecule has 19 atom stereocenters. The summed E-state index contributed by atoms with van der Waals surface area (Å²) in [6.07, 6.45) is -14.1. The summed E-state index contributed by atoms with van der Waals surface area (Å²) in [5, 5.41) is 63.3. The van der Waals surface area contributed by atoms with E-state index >= 15 is 0 Å². The molecule has 4 heterocycles. The molecule has 2 aromatic rings. The van der Waals surface area contributed by atoms with Crippen LogP contribution >= 0.6 is 55.9 Å². The first-order valence-corrected chi connectivity index (χ1v) is 34.2. The van der Waals surface area contributed by atoms with E-state index in [9.17, 15) is 39.9 Å². The summed E-state index contributed by atoms with van der Waals surface area (Å²) in [4.78, 5) is 48.1. The number of nitrogens with two attached hydrogens (primary N) is 1. The van der Waals surface area contributed by atoms with Crippen molar-refractivity contribution in [1.82, 2.24) is 16.1 Å². The van der Waals surface area contributed by atoms with Gasteiger partial charge in [0, 0.05) is 54.4 Å². The quantitative estimate of drug-likeness (QED) is 0.0185. The highest BCUT2D eigenvalue weighted by Crippen LogP contribution is 2.50. The lowest BCUT2D eigenvalue weighted by Crippen LogP contribution is -2.65. The second-order valence-corrected chi connectivity index (χ2v) is 28.2. The number of fused-ring (bicyclic) bond motifs is 2. The number of hydrogen-bond acceptors (Lipinski definition) is 27. The van der Waals surface area contributed by atoms with Crippen LogP contribution in [-0.2, 0) is 57.0 Å². The molecule has 6 aliphatic rings. The fraction of sp³-hybridized carbons (Fsp3) is 0.603. The molecule has 4 aliphatic heterocycles. The number of hydroxylamine groups is 1. The van der Waals surface area contributed by atoms with E-state index in [0.29, 0.717) is 21.4 Å². The summed E-state index contributed by atoms with van der Waals surface area (Å²) in [6, 6.07) is 6.27. The van der Waals surface area contributed by atoms with Crippen molar-refractivity contribution in [3.05, 3.63) is 79.6 Å². The normalized spacial score (nSPS) is 33.6. The Balaban J connectivity index is 1.03. The number of nitrogen functional groups attached to an aromatic ring is 1. The van der Waals surface area contributed by atoms with Crippen molar-refractivity contribution in [2.75, 3.05) is 60.2 Å². The van der Waals surface area contributed by atoms with E-state index in [4.69, 9.17) is 67.4 Å². The van der Waals surface area contributed by atoms with Crippen molar-refractivity contribution in [2.45, 2.75) is 188 Å². The Morgan fingerprint density at radius 2 is 1.58 bits per heavy atom. The summed E-state index contributed by atoms with van der Waals surface area (Å²) >= 11 is 2.82. The number of hydrogen-bond donors (Lipinski definition) is 9. The van der Waals surface area contributed by atoms with E-state index in [-0.39, 0.29) is 77.0 Å². The Labute approximate surface area is 561 Å². The third-order valence-electron chi connectivity index (χ3n) is 16.5. The first-order chi connectivity index (χ1) is 43.8. The minimum absolute atomic E-state index is 0.0221. The van der Waals surface area contributed by atoms with Crippen LogP contribution in [0.3, 0.4) is 0 Å². The number of halogens is 1. The highest BCUT2D eigenvalue weighted by Gasteiger charge is 2.52. The fourth-order valence-electron chi connectivity index (χ4n) is 11.5. The maximum Gasteiger partial charge on any atom is 0.411 e. The number of aliphatic hydroxyl groups is 5. The van der Waals surface area contributed by atoms with Crippen LogP contribution in [0, 0.1) is 34.2 Å². The molecular formula is C63H83IN4O21S3. The fourth-order valence-corrected chi connectivity index (χ4v) is 15.7. The number of carbonyl (C=O) groups is 3. The minimum Gasteiger partial charge on any atom is -0.492 e. The topological polar surface area (TPSA) is 334 Å². The molecule has 0 radical (unpaired) electrons. The highest BCUT2D eigenvalue weighted by atomic mass is 127. The number of methoxy groups -OCH3 is 5. The van der Waals surface area contributed by atoms with Gasteiger partial charge in [-0.3, -0.25) is 19.7 Å². The number of likely N-dealkylation sites (N-methyl/N-ethyl adjacent to an activating group) is 1. The van der Waals surface area contributed by atoms with Gasteiger partial charge < -0.3 is 93.4 Å². The number of carbonyl (C=O) groups excluding carboxylic acids is 3. The summed E-state index contributed by atoms with van der Waals surface area (Å²) in [5.41, 5.74) is 8.81. The van der Waals surface area contributed by atoms with Gasteiger partial charge in [-0.2, -0.15) is 5.48 Å². The number of anilines is 1. The number of rotatable bonds is 23. The van der Waals surface area contributed by atoms with Gasteiger partial charge >= 0.3 is 6.09 Å². The van der Waals surface area contributed by atoms with Crippen LogP contribution in [-0.4, -0.2) is 212 Å². The lowest BCUT2D eigenvalue weighted by Gasteiger charge is -2.46. The number of nitrogens with one attached hydrogen (secondary N) is 3. The molecule has 0 spiro atoms. The largest absolute Gasteiger partial charge is 0.492 e. The lowest BCUT2D eigenvalue weighted by atomic mass is 9.75. The Morgan fingerprint density at radius 3 is 2.24 bits per heavy atom. The molecule has 2 bridgehead atoms. The van der Waals surface area contributed by atoms with Gasteiger partial charge in [-0.25, -0.2) is 4.79 Å². The second kappa shape index (κ2) is 32.6. The van der Waals surface area contributed by atoms with Crippen molar-refractivity contribution in [2.24, 2.45) is 0 Å². The predicted octanol–water partition coefficient (Wildman–Crippen LogP) is 4.44. The second-order valence-electron chi connectivity index (χ2n) is 23.1. The molecule has 4 fully saturated rings. The van der Waals surface area contributed by atoms with Crippen LogP contribution in [0.15, 0.2) is 59.3 Å². The van der Waals surface area contributed by atoms with Crippen LogP contribution in [0.25, 0.3) is 0 Å². The average Bonchev–Trinajstić information content (AvgIpc) is 0.768. The van der Waals surface area contributed by atoms with Gasteiger partial charge in [-0.1, -0.05) is 82.2 Å². The molecule has 0 saturated carbocycles. The summed E-state index contributed by atoms with van der Waals surface area (Å²) in [5.74, 6) is 11.3. The summed E-state index contributed by atoms with van der Waals surface area (Å²) in [7, 11) is 9.82. The Hall–Kier alpha value is -4.27. The number of allylic oxidation sites excluding steroid dienone is 3. The SMILES string of the molecule is CCN[C@H]1CO[C@@H](O[C@H]2[C@H](O[C@H]3C#CC=CC#C[C@]4(O)CC(=O)C(NC(=O)OC)=C3/C4=C\CSSC(C)(C)c3ccc(N)cc3)O[C@H](C)[C@@H](NO[C@H]3C[C@H](O)[C@H](SC(=O)c4c(C)c(I)c(O[C@@H]5O[C@@H](C)[C@H](O)[C@@H](OC)[C@H]5O)c(OC)c4OC)[C@@H](C)O3)[C@@H]2O)C[C@@H]1OC. The van der Waals surface area contributed by atoms with Gasteiger partial charge in [0.05, 0.1) is 97.0 Å². The molecule has 2 aromatic carbocycles. The first kappa shape index (κ1) is 73.5. The number of ketones is 1. The van der Waals surface area contributed by atoms with Crippen molar-refractivity contribution < 1.29 is 102 Å². The van der Waals surface area contributed by atoms with Crippen molar-refractivity contribution >= 4 is 78.6 Å². The van der Waals surface area contributed by atoms with E-state index in [1.54, 1.807) is 51.7 Å². The summed E-state index contributed by atoms with van der Waals surface area (Å²) < 4.78 is 72.6. The molecule has 0 aromatic heterocycles. The molecule has 4 saturated heterocycles. The minimum atomic E-state index is -2.12. The average molecular weight is 1460 g/mol. The number of alkyl carbamates (subject to hydrolysis) is 1. The highest BCUT2D eigenvalue weighted by molar-refractivity contribution is 14.1. The van der Waals surface area contributed by atoms with Gasteiger partial charge in [0.25, 0.3) is 0 Å². The molecule has 92 heavy (non-hydrogen) atoms. The van der Waals surface area contributed by atoms with Gasteiger partial charge in [0.1, 0.15) is 36.6 Å². The van der Waals surface area contributed by atoms with Crippen LogP contribution in [0.2, 0.25) is 0 Å². The first-order valence-electron chi connectivity index (χ1n) is 29.9. The molecule has 29 heteroatoms. The molecular weight excluding hydrogens is 1370 g/mol. The standard InChI is InChI=1S/C63H83IN4O21S3/c1-13-66-37-29-82-42(27-41(37)77-8)87-55-50(72)47(68-89-43-26-38(69)57(33(5)83-43)91-58(74)44-30(2)46(64)53(56(80-11)52(44)78-9)88-59-51(73)54(79-10)49(71)32(4)85-59)31(3)84-60(55)86-40-18-16-14-15-17-24-63(76)28-39(70)48(67-61(75)81-12)45(40)36(63)23-25-90-92-62(6,7)34-19-21-35(65)22-20-34/h14-15,19-23,31-33,37-38,40-43,47,49-51,54-55,57,59-60,66,68-69,71-73,76H,13,25-29,65H2,1-12H3,(H,67,75)/b15-14?,36-23+/t31-,32+,33-,37+,38+,40+,41+,42+,43+,47-,49+,50+,51-,54-,55-,57-,59+,60+,63+/m1/s1. The number of benzene rings is 2. The molecule has 2 aliphatic carbocycles. The zero-order chi connectivity index (χ0) is 66.9. The smallest absolute Gasteiger partial charge is 0.411 e. The van der Waals surface area contributed by atoms with E-state index < -0.39 is 131 Å². The molecule has 10 N–H and O–H groups in total. The number of ether oxygens (including phenoxy) is 12. The van der Waals surface area contributed by atoms with Crippen molar-refractivity contribution in [3.8, 4) is 40.9 Å². The van der Waals surface area contributed by atoms with Crippen molar-refractivity contribution in [3.63, 3.8) is 0 Å². The van der Waals surface area contributed by atoms with E-state index in [2.05, 4.69) is 53.6 Å². The number of aliphatic hydroxyl groups excluding tert-OH is 4. The Morgan fingerprint density at radius 1 is 0.870 bits per heavy atom. The molecule has 25 nitrogen and oxygen atoms in total. The van der Waals surface area contributed by atoms with Gasteiger partial charge in [0.2, 0.25) is 17.2 Å². The zero-order valence-electron chi connectivity index (χ0n) is 53.1. The van der Waals surface area contributed by atoms with E-state index in [0.717, 1.165) is 24.4 Å². The van der Waals surface area contributed by atoms with Crippen LogP contribution in [0.4, 0.5) is 10.5 Å². The van der Waals surface area contributed by atoms with Crippen molar-refractivity contribution in [1.29, 1.82) is 0 Å². The van der Waals surface area contributed by atoms with Gasteiger partial charge in [0.15, 0.2) is 41.8 Å². The van der Waals surface area contributed by atoms with Gasteiger partial charge in [-0.15, -0.1) is 0 Å². The third-order valence-corrected chi connectivity index (χ3v) is 22.3. The molecule has 8 rings (SSSR count). The number of thioether (sulfide) groups is 1. The van der Waals surface area contributed by atoms with E-state index in [1.165, 1.54) is 44.3 Å².